The first-order chi connectivity index (χ1) is 15.1. The Kier molecular flexibility index (Phi) is 12.2. The number of phenolic OH excluding ortho intramolecular Hbond substituents is 1. The molecule has 4 atom stereocenters. The Morgan fingerprint density at radius 2 is 1.53 bits per heavy atom. The van der Waals surface area contributed by atoms with Gasteiger partial charge in [0, 0.05) is 17.9 Å². The van der Waals surface area contributed by atoms with Crippen LogP contribution in [-0.2, 0) is 25.6 Å². The molecule has 0 radical (unpaired) electrons. The molecule has 0 aliphatic heterocycles. The van der Waals surface area contributed by atoms with Gasteiger partial charge in [0.25, 0.3) is 0 Å². The number of hydrogen-bond donors (Lipinski definition) is 7. The largest absolute Gasteiger partial charge is 0.508 e. The van der Waals surface area contributed by atoms with Crippen LogP contribution in [0.4, 0.5) is 0 Å². The minimum atomic E-state index is -1.04. The van der Waals surface area contributed by atoms with E-state index in [2.05, 4.69) is 41.2 Å². The van der Waals surface area contributed by atoms with Crippen molar-refractivity contribution in [2.75, 3.05) is 11.5 Å². The maximum absolute atomic E-state index is 12.8. The molecule has 0 saturated carbocycles. The zero-order valence-corrected chi connectivity index (χ0v) is 19.9. The fourth-order valence-corrected chi connectivity index (χ4v) is 3.28. The van der Waals surface area contributed by atoms with Crippen molar-refractivity contribution in [3.05, 3.63) is 29.8 Å². The molecule has 0 aliphatic rings. The highest BCUT2D eigenvalue weighted by Gasteiger charge is 2.28. The first-order valence-electron chi connectivity index (χ1n) is 10.2. The molecule has 0 aromatic heterocycles. The second-order valence-corrected chi connectivity index (χ2v) is 8.58. The minimum absolute atomic E-state index is 0.00682. The smallest absolute Gasteiger partial charge is 0.244 e. The van der Waals surface area contributed by atoms with Crippen LogP contribution in [0.2, 0.25) is 0 Å². The number of nitrogens with two attached hydrogens (primary N) is 1. The summed E-state index contributed by atoms with van der Waals surface area (Å²) in [6.45, 7) is 3.86. The fraction of sp³-hybridized carbons (Fsp3) is 0.524. The van der Waals surface area contributed by atoms with Crippen LogP contribution < -0.4 is 21.7 Å². The molecular formula is C21H32N4O5S2. The van der Waals surface area contributed by atoms with Crippen molar-refractivity contribution in [2.45, 2.75) is 50.9 Å². The Morgan fingerprint density at radius 1 is 0.969 bits per heavy atom. The van der Waals surface area contributed by atoms with Gasteiger partial charge in [-0.2, -0.15) is 25.3 Å². The lowest BCUT2D eigenvalue weighted by molar-refractivity contribution is -0.132. The summed E-state index contributed by atoms with van der Waals surface area (Å²) in [6, 6.07) is 2.50. The molecule has 9 nitrogen and oxygen atoms in total. The van der Waals surface area contributed by atoms with E-state index in [0.717, 1.165) is 0 Å². The third-order valence-corrected chi connectivity index (χ3v) is 5.33. The van der Waals surface area contributed by atoms with Crippen molar-refractivity contribution < 1.29 is 24.3 Å². The predicted molar refractivity (Wildman–Crippen MR) is 129 cm³/mol. The number of benzene rings is 1. The van der Waals surface area contributed by atoms with Crippen molar-refractivity contribution in [1.82, 2.24) is 16.0 Å². The molecule has 0 aliphatic carbocycles. The van der Waals surface area contributed by atoms with Gasteiger partial charge in [0.05, 0.1) is 12.1 Å². The lowest BCUT2D eigenvalue weighted by Crippen LogP contribution is -2.58. The summed E-state index contributed by atoms with van der Waals surface area (Å²) in [5.41, 5.74) is 6.55. The van der Waals surface area contributed by atoms with Crippen LogP contribution in [0.3, 0.4) is 0 Å². The molecular weight excluding hydrogens is 452 g/mol. The summed E-state index contributed by atoms with van der Waals surface area (Å²) in [4.78, 5) is 49.0. The van der Waals surface area contributed by atoms with Gasteiger partial charge in [-0.15, -0.1) is 0 Å². The third kappa shape index (κ3) is 9.49. The second kappa shape index (κ2) is 14.0. The topological polar surface area (TPSA) is 151 Å². The van der Waals surface area contributed by atoms with Crippen LogP contribution in [0.15, 0.2) is 24.3 Å². The van der Waals surface area contributed by atoms with Crippen molar-refractivity contribution >= 4 is 49.3 Å². The highest BCUT2D eigenvalue weighted by Crippen LogP contribution is 2.12. The van der Waals surface area contributed by atoms with Crippen molar-refractivity contribution in [2.24, 2.45) is 11.7 Å². The first-order valence-corrected chi connectivity index (χ1v) is 11.5. The summed E-state index contributed by atoms with van der Waals surface area (Å²) in [5, 5.41) is 17.2. The van der Waals surface area contributed by atoms with Gasteiger partial charge < -0.3 is 31.6 Å². The van der Waals surface area contributed by atoms with Crippen LogP contribution in [0.25, 0.3) is 0 Å². The molecule has 0 saturated heterocycles. The van der Waals surface area contributed by atoms with Crippen molar-refractivity contribution in [3.8, 4) is 5.75 Å². The number of hydrogen-bond acceptors (Lipinski definition) is 8. The highest BCUT2D eigenvalue weighted by atomic mass is 32.1. The Hall–Kier alpha value is -2.24. The summed E-state index contributed by atoms with van der Waals surface area (Å²) in [5.74, 6) is -1.33. The average molecular weight is 485 g/mol. The molecule has 0 unspecified atom stereocenters. The maximum atomic E-state index is 12.8. The number of thiol groups is 2. The van der Waals surface area contributed by atoms with Gasteiger partial charge in [-0.05, 0) is 30.0 Å². The lowest BCUT2D eigenvalue weighted by Gasteiger charge is -2.24. The van der Waals surface area contributed by atoms with Crippen LogP contribution in [0.5, 0.6) is 5.75 Å². The number of rotatable bonds is 13. The van der Waals surface area contributed by atoms with Crippen molar-refractivity contribution in [1.29, 1.82) is 0 Å². The second-order valence-electron chi connectivity index (χ2n) is 7.85. The average Bonchev–Trinajstić information content (AvgIpc) is 2.75. The Bertz CT molecular complexity index is 776. The number of amides is 3. The van der Waals surface area contributed by atoms with E-state index in [1.54, 1.807) is 12.1 Å². The number of aromatic hydroxyl groups is 1. The van der Waals surface area contributed by atoms with Crippen LogP contribution in [0, 0.1) is 5.92 Å². The van der Waals surface area contributed by atoms with Gasteiger partial charge in [-0.25, -0.2) is 0 Å². The SMILES string of the molecule is CC(C)C[C@H](N)C(=O)N[C@@H](CS)C(=O)N[C@@H](Cc1ccc(O)cc1)C(=O)N[C@H](C=O)CS. The summed E-state index contributed by atoms with van der Waals surface area (Å²) < 4.78 is 0. The van der Waals surface area contributed by atoms with E-state index < -0.39 is 41.9 Å². The normalized spacial score (nSPS) is 14.7. The number of phenols is 1. The van der Waals surface area contributed by atoms with Gasteiger partial charge in [-0.1, -0.05) is 26.0 Å². The summed E-state index contributed by atoms with van der Waals surface area (Å²) in [6.07, 6.45) is 1.10. The number of aldehydes is 1. The zero-order chi connectivity index (χ0) is 24.3. The van der Waals surface area contributed by atoms with E-state index in [4.69, 9.17) is 5.73 Å². The molecule has 3 amide bonds. The predicted octanol–water partition coefficient (Wildman–Crippen LogP) is -0.179. The van der Waals surface area contributed by atoms with Gasteiger partial charge in [-0.3, -0.25) is 14.4 Å². The Labute approximate surface area is 199 Å². The van der Waals surface area contributed by atoms with Crippen molar-refractivity contribution in [3.63, 3.8) is 0 Å². The summed E-state index contributed by atoms with van der Waals surface area (Å²) in [7, 11) is 0. The first kappa shape index (κ1) is 27.8. The molecule has 0 bridgehead atoms. The van der Waals surface area contributed by atoms with Gasteiger partial charge in [0.2, 0.25) is 17.7 Å². The monoisotopic (exact) mass is 484 g/mol. The molecule has 0 spiro atoms. The molecule has 11 heteroatoms. The minimum Gasteiger partial charge on any atom is -0.508 e. The molecule has 1 aromatic rings. The van der Waals surface area contributed by atoms with E-state index in [0.29, 0.717) is 18.3 Å². The van der Waals surface area contributed by atoms with E-state index in [9.17, 15) is 24.3 Å². The van der Waals surface area contributed by atoms with Gasteiger partial charge in [0.15, 0.2) is 0 Å². The molecule has 32 heavy (non-hydrogen) atoms. The van der Waals surface area contributed by atoms with Gasteiger partial charge in [0.1, 0.15) is 24.1 Å². The van der Waals surface area contributed by atoms with Crippen LogP contribution in [0.1, 0.15) is 25.8 Å². The molecule has 178 valence electrons. The van der Waals surface area contributed by atoms with Crippen LogP contribution >= 0.6 is 25.3 Å². The molecule has 0 heterocycles. The van der Waals surface area contributed by atoms with Gasteiger partial charge >= 0.3 is 0 Å². The molecule has 1 aromatic carbocycles. The van der Waals surface area contributed by atoms with E-state index in [1.807, 2.05) is 13.8 Å². The third-order valence-electron chi connectivity index (χ3n) is 4.58. The van der Waals surface area contributed by atoms with E-state index in [1.165, 1.54) is 12.1 Å². The zero-order valence-electron chi connectivity index (χ0n) is 18.2. The van der Waals surface area contributed by atoms with E-state index in [-0.39, 0.29) is 29.6 Å². The molecule has 0 fully saturated rings. The number of carbonyl (C=O) groups excluding carboxylic acids is 4. The fourth-order valence-electron chi connectivity index (χ4n) is 2.84. The summed E-state index contributed by atoms with van der Waals surface area (Å²) >= 11 is 8.15. The standard InChI is InChI=1S/C21H32N4O5S2/c1-12(2)7-16(22)19(28)25-18(11-32)21(30)24-17(20(29)23-14(9-26)10-31)8-13-3-5-15(27)6-4-13/h3-6,9,12,14,16-18,27,31-32H,7-8,10-11,22H2,1-2H3,(H,23,29)(H,24,30)(H,25,28)/t14-,16+,17+,18+/m1/s1. The quantitative estimate of drug-likeness (QED) is 0.152. The molecule has 6 N–H and O–H groups in total. The number of nitrogens with one attached hydrogen (secondary N) is 3. The van der Waals surface area contributed by atoms with Crippen LogP contribution in [-0.4, -0.2) is 64.8 Å². The lowest BCUT2D eigenvalue weighted by atomic mass is 10.0. The maximum Gasteiger partial charge on any atom is 0.244 e. The Balaban J connectivity index is 2.95. The highest BCUT2D eigenvalue weighted by molar-refractivity contribution is 7.80. The van der Waals surface area contributed by atoms with E-state index >= 15 is 0 Å². The molecule has 1 rings (SSSR count). The number of carbonyl (C=O) groups is 4. The Morgan fingerprint density at radius 3 is 2.03 bits per heavy atom.